The first-order valence-corrected chi connectivity index (χ1v) is 8.68. The summed E-state index contributed by atoms with van der Waals surface area (Å²) in [6.45, 7) is 4.32. The molecule has 126 valence electrons. The number of hydrogen-bond donors (Lipinski definition) is 1. The molecule has 0 fully saturated rings. The third kappa shape index (κ3) is 3.17. The molecule has 4 heteroatoms. The molecule has 24 heavy (non-hydrogen) atoms. The number of rotatable bonds is 4. The fourth-order valence-corrected chi connectivity index (χ4v) is 4.18. The Labute approximate surface area is 147 Å². The molecule has 3 nitrogen and oxygen atoms in total. The number of fused-ring (bicyclic) bond motifs is 1. The van der Waals surface area contributed by atoms with Crippen LogP contribution in [0.1, 0.15) is 31.1 Å². The number of aliphatic hydroxyl groups is 1. The van der Waals surface area contributed by atoms with E-state index in [0.29, 0.717) is 11.5 Å². The largest absolute Gasteiger partial charge is 0.493 e. The third-order valence-electron chi connectivity index (χ3n) is 4.09. The summed E-state index contributed by atoms with van der Waals surface area (Å²) in [6, 6.07) is 13.8. The van der Waals surface area contributed by atoms with E-state index in [2.05, 4.69) is 32.1 Å². The number of aliphatic hydroxyl groups excluding tert-OH is 1. The van der Waals surface area contributed by atoms with Crippen LogP contribution in [0, 0.1) is 0 Å². The molecular weight excluding hydrogens is 320 g/mol. The normalized spacial score (nSPS) is 16.8. The van der Waals surface area contributed by atoms with Gasteiger partial charge in [-0.25, -0.2) is 0 Å². The lowest BCUT2D eigenvalue weighted by atomic mass is 9.91. The van der Waals surface area contributed by atoms with Crippen LogP contribution in [0.5, 0.6) is 11.5 Å². The van der Waals surface area contributed by atoms with Crippen molar-refractivity contribution >= 4 is 17.3 Å². The van der Waals surface area contributed by atoms with E-state index in [1.165, 1.54) is 4.90 Å². The van der Waals surface area contributed by atoms with Crippen molar-refractivity contribution in [1.82, 2.24) is 0 Å². The number of hydrogen-bond acceptors (Lipinski definition) is 4. The molecule has 3 rings (SSSR count). The molecule has 1 N–H and O–H groups in total. The lowest BCUT2D eigenvalue weighted by Gasteiger charge is -2.31. The van der Waals surface area contributed by atoms with Crippen molar-refractivity contribution in [2.24, 2.45) is 0 Å². The Morgan fingerprint density at radius 1 is 1.00 bits per heavy atom. The third-order valence-corrected chi connectivity index (χ3v) is 5.31. The Morgan fingerprint density at radius 2 is 1.71 bits per heavy atom. The fourth-order valence-electron chi connectivity index (χ4n) is 2.99. The molecule has 0 spiro atoms. The van der Waals surface area contributed by atoms with Crippen molar-refractivity contribution in [2.75, 3.05) is 14.2 Å². The Morgan fingerprint density at radius 3 is 2.42 bits per heavy atom. The molecule has 1 atom stereocenters. The van der Waals surface area contributed by atoms with Crippen LogP contribution in [0.15, 0.2) is 53.4 Å². The Kier molecular flexibility index (Phi) is 4.61. The van der Waals surface area contributed by atoms with Crippen LogP contribution < -0.4 is 9.47 Å². The van der Waals surface area contributed by atoms with Gasteiger partial charge in [-0.15, -0.1) is 11.8 Å². The topological polar surface area (TPSA) is 38.7 Å². The van der Waals surface area contributed by atoms with Crippen molar-refractivity contribution in [3.8, 4) is 11.5 Å². The molecule has 0 radical (unpaired) electrons. The SMILES string of the molecule is COc1ccc(C(O)C2=CC(C)(C)Sc3ccccc32)cc1OC. The summed E-state index contributed by atoms with van der Waals surface area (Å²) in [7, 11) is 3.20. The van der Waals surface area contributed by atoms with Gasteiger partial charge in [-0.05, 0) is 48.7 Å². The monoisotopic (exact) mass is 342 g/mol. The van der Waals surface area contributed by atoms with Crippen molar-refractivity contribution in [3.63, 3.8) is 0 Å². The maximum absolute atomic E-state index is 11.0. The average molecular weight is 342 g/mol. The first kappa shape index (κ1) is 16.9. The average Bonchev–Trinajstić information content (AvgIpc) is 2.58. The van der Waals surface area contributed by atoms with E-state index >= 15 is 0 Å². The van der Waals surface area contributed by atoms with Gasteiger partial charge in [0.05, 0.1) is 14.2 Å². The van der Waals surface area contributed by atoms with Crippen LogP contribution in [0.3, 0.4) is 0 Å². The molecule has 0 amide bonds. The van der Waals surface area contributed by atoms with E-state index in [-0.39, 0.29) is 4.75 Å². The minimum Gasteiger partial charge on any atom is -0.493 e. The van der Waals surface area contributed by atoms with Crippen LogP contribution in [0.2, 0.25) is 0 Å². The molecule has 0 aliphatic carbocycles. The standard InChI is InChI=1S/C20H22O3S/c1-20(2)12-15(14-7-5-6-8-18(14)24-20)19(21)13-9-10-16(22-3)17(11-13)23-4/h5-12,19,21H,1-4H3. The second kappa shape index (κ2) is 6.54. The molecule has 0 saturated heterocycles. The highest BCUT2D eigenvalue weighted by molar-refractivity contribution is 8.01. The van der Waals surface area contributed by atoms with Gasteiger partial charge in [-0.1, -0.05) is 30.3 Å². The van der Waals surface area contributed by atoms with Crippen LogP contribution in [-0.2, 0) is 0 Å². The van der Waals surface area contributed by atoms with E-state index < -0.39 is 6.10 Å². The molecule has 1 unspecified atom stereocenters. The number of methoxy groups -OCH3 is 2. The number of ether oxygens (including phenoxy) is 2. The van der Waals surface area contributed by atoms with E-state index in [4.69, 9.17) is 9.47 Å². The summed E-state index contributed by atoms with van der Waals surface area (Å²) >= 11 is 1.81. The Bertz CT molecular complexity index is 780. The number of benzene rings is 2. The van der Waals surface area contributed by atoms with Gasteiger partial charge in [0.15, 0.2) is 11.5 Å². The lowest BCUT2D eigenvalue weighted by Crippen LogP contribution is -2.18. The minimum absolute atomic E-state index is 0.0682. The molecule has 0 saturated carbocycles. The predicted octanol–water partition coefficient (Wildman–Crippen LogP) is 4.71. The van der Waals surface area contributed by atoms with E-state index in [1.807, 2.05) is 42.1 Å². The molecule has 1 heterocycles. The smallest absolute Gasteiger partial charge is 0.161 e. The molecular formula is C20H22O3S. The predicted molar refractivity (Wildman–Crippen MR) is 98.9 cm³/mol. The maximum Gasteiger partial charge on any atom is 0.161 e. The molecule has 1 aliphatic heterocycles. The van der Waals surface area contributed by atoms with E-state index in [9.17, 15) is 5.11 Å². The van der Waals surface area contributed by atoms with Gasteiger partial charge in [0.2, 0.25) is 0 Å². The molecule has 2 aromatic rings. The van der Waals surface area contributed by atoms with Crippen molar-refractivity contribution in [2.45, 2.75) is 29.6 Å². The molecule has 0 bridgehead atoms. The van der Waals surface area contributed by atoms with Crippen LogP contribution in [-0.4, -0.2) is 24.1 Å². The highest BCUT2D eigenvalue weighted by Crippen LogP contribution is 2.47. The summed E-state index contributed by atoms with van der Waals surface area (Å²) in [5.74, 6) is 1.27. The van der Waals surface area contributed by atoms with Gasteiger partial charge in [0.25, 0.3) is 0 Å². The first-order chi connectivity index (χ1) is 11.4. The Hall–Kier alpha value is -1.91. The zero-order valence-corrected chi connectivity index (χ0v) is 15.2. The zero-order valence-electron chi connectivity index (χ0n) is 14.4. The summed E-state index contributed by atoms with van der Waals surface area (Å²) < 4.78 is 10.6. The minimum atomic E-state index is -0.717. The van der Waals surface area contributed by atoms with Crippen LogP contribution >= 0.6 is 11.8 Å². The van der Waals surface area contributed by atoms with Crippen LogP contribution in [0.25, 0.3) is 5.57 Å². The van der Waals surface area contributed by atoms with Crippen molar-refractivity contribution < 1.29 is 14.6 Å². The van der Waals surface area contributed by atoms with Gasteiger partial charge in [-0.2, -0.15) is 0 Å². The quantitative estimate of drug-likeness (QED) is 0.874. The van der Waals surface area contributed by atoms with Gasteiger partial charge in [0, 0.05) is 9.64 Å². The van der Waals surface area contributed by atoms with Gasteiger partial charge < -0.3 is 14.6 Å². The lowest BCUT2D eigenvalue weighted by molar-refractivity contribution is 0.236. The summed E-state index contributed by atoms with van der Waals surface area (Å²) in [6.07, 6.45) is 1.44. The fraction of sp³-hybridized carbons (Fsp3) is 0.300. The second-order valence-electron chi connectivity index (χ2n) is 6.32. The highest BCUT2D eigenvalue weighted by Gasteiger charge is 2.29. The molecule has 1 aliphatic rings. The van der Waals surface area contributed by atoms with Crippen molar-refractivity contribution in [1.29, 1.82) is 0 Å². The maximum atomic E-state index is 11.0. The van der Waals surface area contributed by atoms with E-state index in [1.54, 1.807) is 14.2 Å². The summed E-state index contributed by atoms with van der Waals surface area (Å²) in [4.78, 5) is 1.19. The zero-order chi connectivity index (χ0) is 17.3. The van der Waals surface area contributed by atoms with Gasteiger partial charge in [-0.3, -0.25) is 0 Å². The molecule has 0 aromatic heterocycles. The van der Waals surface area contributed by atoms with Gasteiger partial charge >= 0.3 is 0 Å². The van der Waals surface area contributed by atoms with Crippen molar-refractivity contribution in [3.05, 3.63) is 59.7 Å². The van der Waals surface area contributed by atoms with Gasteiger partial charge in [0.1, 0.15) is 6.10 Å². The summed E-state index contributed by atoms with van der Waals surface area (Å²) in [5, 5.41) is 11.0. The van der Waals surface area contributed by atoms with E-state index in [0.717, 1.165) is 16.7 Å². The Balaban J connectivity index is 2.05. The summed E-state index contributed by atoms with van der Waals surface area (Å²) in [5.41, 5.74) is 2.81. The first-order valence-electron chi connectivity index (χ1n) is 7.86. The van der Waals surface area contributed by atoms with Crippen LogP contribution in [0.4, 0.5) is 0 Å². The number of thioether (sulfide) groups is 1. The highest BCUT2D eigenvalue weighted by atomic mass is 32.2. The second-order valence-corrected chi connectivity index (χ2v) is 8.01. The molecule has 2 aromatic carbocycles.